The fourth-order valence-corrected chi connectivity index (χ4v) is 1.76. The largest absolute Gasteiger partial charge is 0.376 e. The molecule has 3 nitrogen and oxygen atoms in total. The molecule has 0 radical (unpaired) electrons. The summed E-state index contributed by atoms with van der Waals surface area (Å²) in [6.45, 7) is 0. The van der Waals surface area contributed by atoms with Gasteiger partial charge >= 0.3 is 0 Å². The molecule has 2 aromatic rings. The Bertz CT molecular complexity index is 508. The highest BCUT2D eigenvalue weighted by Crippen LogP contribution is 2.24. The van der Waals surface area contributed by atoms with Gasteiger partial charge in [-0.1, -0.05) is 11.6 Å². The maximum absolute atomic E-state index is 6.11. The van der Waals surface area contributed by atoms with Gasteiger partial charge in [-0.25, -0.2) is 0 Å². The van der Waals surface area contributed by atoms with Crippen molar-refractivity contribution >= 4 is 34.6 Å². The van der Waals surface area contributed by atoms with Crippen molar-refractivity contribution in [2.45, 2.75) is 0 Å². The Morgan fingerprint density at radius 1 is 1.31 bits per heavy atom. The highest BCUT2D eigenvalue weighted by molar-refractivity contribution is 7.80. The second-order valence-corrected chi connectivity index (χ2v) is 4.09. The molecule has 0 saturated carbocycles. The van der Waals surface area contributed by atoms with Crippen LogP contribution in [0, 0.1) is 0 Å². The summed E-state index contributed by atoms with van der Waals surface area (Å²) in [5.41, 5.74) is 7.11. The lowest BCUT2D eigenvalue weighted by Crippen LogP contribution is -2.18. The predicted molar refractivity (Wildman–Crippen MR) is 71.2 cm³/mol. The van der Waals surface area contributed by atoms with Gasteiger partial charge in [-0.3, -0.25) is 0 Å². The third-order valence-electron chi connectivity index (χ3n) is 2.10. The van der Waals surface area contributed by atoms with Crippen LogP contribution in [0.1, 0.15) is 0 Å². The topological polar surface area (TPSA) is 43.0 Å². The highest BCUT2D eigenvalue weighted by Gasteiger charge is 2.03. The first-order valence-electron chi connectivity index (χ1n) is 4.66. The van der Waals surface area contributed by atoms with E-state index in [1.165, 1.54) is 0 Å². The van der Waals surface area contributed by atoms with Gasteiger partial charge in [0.1, 0.15) is 0 Å². The molecule has 0 aliphatic heterocycles. The van der Waals surface area contributed by atoms with Crippen LogP contribution in [0.15, 0.2) is 42.7 Å². The number of rotatable bonds is 2. The van der Waals surface area contributed by atoms with Gasteiger partial charge in [-0.2, -0.15) is 0 Å². The molecule has 0 saturated heterocycles. The molecule has 1 aromatic carbocycles. The maximum Gasteiger partial charge on any atom is 0.168 e. The first-order chi connectivity index (χ1) is 7.66. The van der Waals surface area contributed by atoms with E-state index in [2.05, 4.69) is 5.32 Å². The normalized spacial score (nSPS) is 10.1. The molecule has 3 N–H and O–H groups in total. The number of hydrogen-bond donors (Lipinski definition) is 2. The zero-order chi connectivity index (χ0) is 11.5. The van der Waals surface area contributed by atoms with Gasteiger partial charge in [0.2, 0.25) is 0 Å². The zero-order valence-corrected chi connectivity index (χ0v) is 9.92. The molecule has 0 spiro atoms. The van der Waals surface area contributed by atoms with Gasteiger partial charge in [0.15, 0.2) is 5.11 Å². The summed E-state index contributed by atoms with van der Waals surface area (Å²) < 4.78 is 1.92. The molecule has 0 amide bonds. The van der Waals surface area contributed by atoms with Crippen LogP contribution >= 0.6 is 23.8 Å². The van der Waals surface area contributed by atoms with Gasteiger partial charge in [0, 0.05) is 18.1 Å². The number of anilines is 1. The van der Waals surface area contributed by atoms with Crippen LogP contribution < -0.4 is 11.1 Å². The summed E-state index contributed by atoms with van der Waals surface area (Å²) in [6.07, 6.45) is 3.84. The van der Waals surface area contributed by atoms with E-state index in [0.717, 1.165) is 11.4 Å². The maximum atomic E-state index is 6.11. The van der Waals surface area contributed by atoms with Gasteiger partial charge < -0.3 is 15.6 Å². The number of nitrogens with one attached hydrogen (secondary N) is 1. The van der Waals surface area contributed by atoms with Crippen LogP contribution in [0.25, 0.3) is 5.69 Å². The molecule has 1 aromatic heterocycles. The summed E-state index contributed by atoms with van der Waals surface area (Å²) in [5.74, 6) is 0. The molecule has 2 rings (SSSR count). The first-order valence-corrected chi connectivity index (χ1v) is 5.45. The minimum absolute atomic E-state index is 0.237. The van der Waals surface area contributed by atoms with Gasteiger partial charge in [0.25, 0.3) is 0 Å². The van der Waals surface area contributed by atoms with Crippen molar-refractivity contribution in [3.63, 3.8) is 0 Å². The molecule has 82 valence electrons. The van der Waals surface area contributed by atoms with E-state index in [9.17, 15) is 0 Å². The van der Waals surface area contributed by atoms with Crippen molar-refractivity contribution in [2.24, 2.45) is 5.73 Å². The quantitative estimate of drug-likeness (QED) is 0.807. The number of thiocarbonyl (C=S) groups is 1. The Labute approximate surface area is 104 Å². The molecule has 0 bridgehead atoms. The molecular weight excluding hydrogens is 242 g/mol. The molecule has 0 fully saturated rings. The Morgan fingerprint density at radius 3 is 2.62 bits per heavy atom. The van der Waals surface area contributed by atoms with E-state index in [4.69, 9.17) is 29.6 Å². The number of hydrogen-bond acceptors (Lipinski definition) is 1. The summed E-state index contributed by atoms with van der Waals surface area (Å²) in [5, 5.41) is 3.78. The molecule has 16 heavy (non-hydrogen) atoms. The van der Waals surface area contributed by atoms with Crippen LogP contribution in [-0.2, 0) is 0 Å². The lowest BCUT2D eigenvalue weighted by atomic mass is 10.2. The zero-order valence-electron chi connectivity index (χ0n) is 8.35. The average Bonchev–Trinajstić information content (AvgIpc) is 2.73. The van der Waals surface area contributed by atoms with Crippen molar-refractivity contribution in [3.8, 4) is 5.69 Å². The van der Waals surface area contributed by atoms with Crippen LogP contribution in [-0.4, -0.2) is 9.68 Å². The van der Waals surface area contributed by atoms with Gasteiger partial charge in [-0.05, 0) is 42.5 Å². The molecule has 0 aliphatic rings. The van der Waals surface area contributed by atoms with Crippen molar-refractivity contribution in [2.75, 3.05) is 5.32 Å². The van der Waals surface area contributed by atoms with E-state index >= 15 is 0 Å². The second-order valence-electron chi connectivity index (χ2n) is 3.25. The van der Waals surface area contributed by atoms with Gasteiger partial charge in [0.05, 0.1) is 10.7 Å². The van der Waals surface area contributed by atoms with Crippen LogP contribution in [0.2, 0.25) is 5.02 Å². The van der Waals surface area contributed by atoms with Crippen LogP contribution in [0.3, 0.4) is 0 Å². The average molecular weight is 252 g/mol. The molecule has 0 aliphatic carbocycles. The lowest BCUT2D eigenvalue weighted by molar-refractivity contribution is 1.08. The van der Waals surface area contributed by atoms with Crippen molar-refractivity contribution < 1.29 is 0 Å². The number of aromatic nitrogens is 1. The Morgan fingerprint density at radius 2 is 2.00 bits per heavy atom. The predicted octanol–water partition coefficient (Wildman–Crippen LogP) is 2.79. The fourth-order valence-electron chi connectivity index (χ4n) is 1.43. The Balaban J connectivity index is 2.41. The lowest BCUT2D eigenvalue weighted by Gasteiger charge is -2.09. The SMILES string of the molecule is NC(=S)Nc1ccc(Cl)c(-n2cccc2)c1. The van der Waals surface area contributed by atoms with E-state index < -0.39 is 0 Å². The minimum Gasteiger partial charge on any atom is -0.376 e. The van der Waals surface area contributed by atoms with E-state index in [-0.39, 0.29) is 5.11 Å². The first kappa shape index (κ1) is 11.0. The summed E-state index contributed by atoms with van der Waals surface area (Å²) in [4.78, 5) is 0. The number of nitrogens with two attached hydrogens (primary N) is 1. The number of halogens is 1. The molecular formula is C11H10ClN3S. The van der Waals surface area contributed by atoms with Crippen molar-refractivity contribution in [1.29, 1.82) is 0 Å². The summed E-state index contributed by atoms with van der Waals surface area (Å²) >= 11 is 10.9. The third kappa shape index (κ3) is 2.35. The molecule has 0 atom stereocenters. The monoisotopic (exact) mass is 251 g/mol. The highest BCUT2D eigenvalue weighted by atomic mass is 35.5. The summed E-state index contributed by atoms with van der Waals surface area (Å²) in [6, 6.07) is 9.39. The van der Waals surface area contributed by atoms with Crippen molar-refractivity contribution in [3.05, 3.63) is 47.7 Å². The Hall–Kier alpha value is -1.52. The second kappa shape index (κ2) is 4.55. The number of benzene rings is 1. The molecule has 5 heteroatoms. The Kier molecular flexibility index (Phi) is 3.12. The fraction of sp³-hybridized carbons (Fsp3) is 0. The minimum atomic E-state index is 0.237. The van der Waals surface area contributed by atoms with Crippen molar-refractivity contribution in [1.82, 2.24) is 4.57 Å². The molecule has 0 unspecified atom stereocenters. The third-order valence-corrected chi connectivity index (χ3v) is 2.52. The van der Waals surface area contributed by atoms with E-state index in [1.54, 1.807) is 6.07 Å². The van der Waals surface area contributed by atoms with Crippen LogP contribution in [0.4, 0.5) is 5.69 Å². The summed E-state index contributed by atoms with van der Waals surface area (Å²) in [7, 11) is 0. The standard InChI is InChI=1S/C11H10ClN3S/c12-9-4-3-8(14-11(13)16)7-10(9)15-5-1-2-6-15/h1-7H,(H3,13,14,16). The smallest absolute Gasteiger partial charge is 0.168 e. The van der Waals surface area contributed by atoms with E-state index in [0.29, 0.717) is 5.02 Å². The molecule has 1 heterocycles. The van der Waals surface area contributed by atoms with Crippen LogP contribution in [0.5, 0.6) is 0 Å². The van der Waals surface area contributed by atoms with Gasteiger partial charge in [-0.15, -0.1) is 0 Å². The van der Waals surface area contributed by atoms with E-state index in [1.807, 2.05) is 41.2 Å². The number of nitrogens with zero attached hydrogens (tertiary/aromatic N) is 1.